The number of hydrogen-bond acceptors (Lipinski definition) is 3. The molecule has 0 aromatic heterocycles. The van der Waals surface area contributed by atoms with E-state index in [1.807, 2.05) is 18.3 Å². The summed E-state index contributed by atoms with van der Waals surface area (Å²) in [6.45, 7) is 1.44. The fraction of sp³-hybridized carbons (Fsp3) is 0.250. The summed E-state index contributed by atoms with van der Waals surface area (Å²) in [5, 5.41) is 7.78. The predicted octanol–water partition coefficient (Wildman–Crippen LogP) is 0.342. The molecule has 0 aromatic rings. The molecule has 0 amide bonds. The average molecular weight is 162 g/mol. The van der Waals surface area contributed by atoms with Crippen LogP contribution in [0.5, 0.6) is 0 Å². The third kappa shape index (κ3) is 1.06. The molecule has 0 saturated carbocycles. The number of rotatable bonds is 2. The van der Waals surface area contributed by atoms with Crippen LogP contribution in [0.15, 0.2) is 24.5 Å². The number of nitrogens with two attached hydrogens (primary N) is 1. The van der Waals surface area contributed by atoms with E-state index >= 15 is 0 Å². The van der Waals surface area contributed by atoms with Gasteiger partial charge in [-0.05, 0) is 12.1 Å². The Labute approximate surface area is 70.4 Å². The lowest BCUT2D eigenvalue weighted by atomic mass is 10.3. The van der Waals surface area contributed by atoms with Crippen LogP contribution in [0.3, 0.4) is 0 Å². The van der Waals surface area contributed by atoms with E-state index in [9.17, 15) is 0 Å². The van der Waals surface area contributed by atoms with E-state index in [2.05, 4.69) is 14.8 Å². The van der Waals surface area contributed by atoms with Crippen molar-refractivity contribution in [3.05, 3.63) is 24.5 Å². The van der Waals surface area contributed by atoms with Gasteiger partial charge in [0, 0.05) is 19.3 Å². The van der Waals surface area contributed by atoms with E-state index in [0.29, 0.717) is 6.54 Å². The fourth-order valence-electron chi connectivity index (χ4n) is 1.26. The lowest BCUT2D eigenvalue weighted by molar-refractivity contribution is 0.710. The van der Waals surface area contributed by atoms with Crippen molar-refractivity contribution in [3.63, 3.8) is 0 Å². The molecular weight excluding hydrogens is 152 g/mol. The van der Waals surface area contributed by atoms with Crippen molar-refractivity contribution in [3.8, 4) is 11.4 Å². The first-order valence-electron chi connectivity index (χ1n) is 3.88. The van der Waals surface area contributed by atoms with Crippen LogP contribution in [-0.2, 0) is 6.54 Å². The zero-order valence-electron chi connectivity index (χ0n) is 6.64. The molecule has 12 heavy (non-hydrogen) atoms. The van der Waals surface area contributed by atoms with Crippen LogP contribution in [0.25, 0.3) is 11.4 Å². The SMILES string of the molecule is NCCn1cccc2nncc1-2. The van der Waals surface area contributed by atoms with Crippen molar-refractivity contribution in [1.29, 1.82) is 0 Å². The van der Waals surface area contributed by atoms with Crippen LogP contribution in [-0.4, -0.2) is 21.3 Å². The highest BCUT2D eigenvalue weighted by molar-refractivity contribution is 5.54. The average Bonchev–Trinajstić information content (AvgIpc) is 2.53. The summed E-state index contributed by atoms with van der Waals surface area (Å²) >= 11 is 0. The largest absolute Gasteiger partial charge is 0.344 e. The first-order chi connectivity index (χ1) is 5.92. The van der Waals surface area contributed by atoms with Crippen LogP contribution in [0.1, 0.15) is 0 Å². The molecule has 0 bridgehead atoms. The molecule has 0 fully saturated rings. The summed E-state index contributed by atoms with van der Waals surface area (Å²) < 4.78 is 2.05. The highest BCUT2D eigenvalue weighted by Gasteiger charge is 2.06. The molecule has 2 N–H and O–H groups in total. The van der Waals surface area contributed by atoms with Crippen molar-refractivity contribution in [1.82, 2.24) is 14.8 Å². The van der Waals surface area contributed by atoms with Gasteiger partial charge in [0.25, 0.3) is 0 Å². The van der Waals surface area contributed by atoms with E-state index in [1.165, 1.54) is 0 Å². The molecule has 4 heteroatoms. The normalized spacial score (nSPS) is 10.8. The Bertz CT molecular complexity index is 341. The van der Waals surface area contributed by atoms with E-state index < -0.39 is 0 Å². The van der Waals surface area contributed by atoms with E-state index in [0.717, 1.165) is 17.9 Å². The lowest BCUT2D eigenvalue weighted by Gasteiger charge is -2.08. The first kappa shape index (κ1) is 7.24. The minimum atomic E-state index is 0.634. The van der Waals surface area contributed by atoms with Crippen molar-refractivity contribution in [2.45, 2.75) is 6.54 Å². The van der Waals surface area contributed by atoms with Crippen LogP contribution >= 0.6 is 0 Å². The lowest BCUT2D eigenvalue weighted by Crippen LogP contribution is -2.11. The van der Waals surface area contributed by atoms with Crippen molar-refractivity contribution in [2.75, 3.05) is 6.54 Å². The standard InChI is InChI=1S/C8H10N4/c9-3-5-12-4-1-2-7-8(12)6-10-11-7/h1-2,4,6H,3,5,9H2. The van der Waals surface area contributed by atoms with Gasteiger partial charge in [-0.2, -0.15) is 5.10 Å². The van der Waals surface area contributed by atoms with E-state index in [4.69, 9.17) is 5.73 Å². The molecule has 62 valence electrons. The second-order valence-corrected chi connectivity index (χ2v) is 2.61. The summed E-state index contributed by atoms with van der Waals surface area (Å²) in [5.74, 6) is 0. The summed E-state index contributed by atoms with van der Waals surface area (Å²) in [4.78, 5) is 0. The third-order valence-electron chi connectivity index (χ3n) is 1.81. The summed E-state index contributed by atoms with van der Waals surface area (Å²) in [7, 11) is 0. The van der Waals surface area contributed by atoms with Crippen molar-refractivity contribution in [2.24, 2.45) is 5.73 Å². The predicted molar refractivity (Wildman–Crippen MR) is 45.7 cm³/mol. The Hall–Kier alpha value is -1.42. The van der Waals surface area contributed by atoms with Gasteiger partial charge in [0.15, 0.2) is 0 Å². The topological polar surface area (TPSA) is 56.7 Å². The molecular formula is C8H10N4. The molecule has 2 rings (SSSR count). The van der Waals surface area contributed by atoms with Crippen LogP contribution in [0, 0.1) is 0 Å². The molecule has 0 aliphatic carbocycles. The summed E-state index contributed by atoms with van der Waals surface area (Å²) in [6.07, 6.45) is 3.74. The molecule has 0 saturated heterocycles. The highest BCUT2D eigenvalue weighted by Crippen LogP contribution is 2.16. The van der Waals surface area contributed by atoms with Gasteiger partial charge in [-0.1, -0.05) is 0 Å². The minimum absolute atomic E-state index is 0.634. The van der Waals surface area contributed by atoms with Crippen LogP contribution < -0.4 is 5.73 Å². The number of pyridine rings is 1. The first-order valence-corrected chi connectivity index (χ1v) is 3.88. The zero-order chi connectivity index (χ0) is 8.39. The maximum atomic E-state index is 5.46. The minimum Gasteiger partial charge on any atom is -0.344 e. The third-order valence-corrected chi connectivity index (χ3v) is 1.81. The number of aromatic nitrogens is 3. The second kappa shape index (κ2) is 2.91. The Morgan fingerprint density at radius 3 is 3.25 bits per heavy atom. The van der Waals surface area contributed by atoms with Gasteiger partial charge in [-0.25, -0.2) is 0 Å². The van der Waals surface area contributed by atoms with E-state index in [-0.39, 0.29) is 0 Å². The monoisotopic (exact) mass is 162 g/mol. The molecule has 0 spiro atoms. The van der Waals surface area contributed by atoms with E-state index in [1.54, 1.807) is 6.20 Å². The number of fused-ring (bicyclic) bond motifs is 1. The maximum Gasteiger partial charge on any atom is 0.111 e. The van der Waals surface area contributed by atoms with Crippen molar-refractivity contribution >= 4 is 0 Å². The molecule has 0 aromatic carbocycles. The van der Waals surface area contributed by atoms with Crippen molar-refractivity contribution < 1.29 is 0 Å². The number of hydrogen-bond donors (Lipinski definition) is 1. The highest BCUT2D eigenvalue weighted by atomic mass is 15.1. The van der Waals surface area contributed by atoms with Gasteiger partial charge in [-0.3, -0.25) is 0 Å². The smallest absolute Gasteiger partial charge is 0.111 e. The van der Waals surface area contributed by atoms with Crippen LogP contribution in [0.4, 0.5) is 0 Å². The Morgan fingerprint density at radius 1 is 1.50 bits per heavy atom. The summed E-state index contributed by atoms with van der Waals surface area (Å²) in [6, 6.07) is 3.89. The van der Waals surface area contributed by atoms with Gasteiger partial charge in [0.05, 0.1) is 11.9 Å². The number of nitrogens with zero attached hydrogens (tertiary/aromatic N) is 3. The molecule has 0 unspecified atom stereocenters. The Balaban J connectivity index is 2.48. The van der Waals surface area contributed by atoms with Gasteiger partial charge in [-0.15, -0.1) is 5.10 Å². The molecule has 0 radical (unpaired) electrons. The second-order valence-electron chi connectivity index (χ2n) is 2.61. The summed E-state index contributed by atoms with van der Waals surface area (Å²) in [5.41, 5.74) is 7.43. The van der Waals surface area contributed by atoms with Gasteiger partial charge in [0.1, 0.15) is 5.69 Å². The van der Waals surface area contributed by atoms with Gasteiger partial charge >= 0.3 is 0 Å². The maximum absolute atomic E-state index is 5.46. The quantitative estimate of drug-likeness (QED) is 0.692. The van der Waals surface area contributed by atoms with Gasteiger partial charge < -0.3 is 10.3 Å². The zero-order valence-corrected chi connectivity index (χ0v) is 6.64. The Morgan fingerprint density at radius 2 is 2.42 bits per heavy atom. The molecule has 2 aliphatic rings. The molecule has 2 aliphatic heterocycles. The Kier molecular flexibility index (Phi) is 1.75. The molecule has 2 heterocycles. The molecule has 0 atom stereocenters. The fourth-order valence-corrected chi connectivity index (χ4v) is 1.26. The van der Waals surface area contributed by atoms with Gasteiger partial charge in [0.2, 0.25) is 0 Å². The molecule has 4 nitrogen and oxygen atoms in total. The van der Waals surface area contributed by atoms with Crippen LogP contribution in [0.2, 0.25) is 0 Å².